The summed E-state index contributed by atoms with van der Waals surface area (Å²) in [4.78, 5) is 16.1. The Morgan fingerprint density at radius 3 is 2.94 bits per heavy atom. The Balaban J connectivity index is 2.10. The molecule has 1 fully saturated rings. The molecule has 2 rings (SSSR count). The number of hydrogen-bond donors (Lipinski definition) is 1. The molecule has 1 saturated carbocycles. The van der Waals surface area contributed by atoms with E-state index < -0.39 is 0 Å². The van der Waals surface area contributed by atoms with E-state index in [1.807, 2.05) is 0 Å². The zero-order valence-corrected chi connectivity index (χ0v) is 11.6. The standard InChI is InChI=1S/C14H19ClN2O/c1-14(2)7-4-3-5-12(14)17-13(18)10-9-16-8-6-11(10)15/h6,8-9,12H,3-5,7H2,1-2H3,(H,17,18). The van der Waals surface area contributed by atoms with Gasteiger partial charge in [-0.15, -0.1) is 0 Å². The minimum Gasteiger partial charge on any atom is -0.349 e. The topological polar surface area (TPSA) is 42.0 Å². The lowest BCUT2D eigenvalue weighted by molar-refractivity contribution is 0.0853. The molecule has 0 aromatic carbocycles. The Labute approximate surface area is 113 Å². The molecule has 1 aliphatic carbocycles. The van der Waals surface area contributed by atoms with Gasteiger partial charge in [0.2, 0.25) is 0 Å². The molecule has 1 heterocycles. The minimum absolute atomic E-state index is 0.118. The first-order valence-corrected chi connectivity index (χ1v) is 6.79. The Bertz CT molecular complexity index is 445. The van der Waals surface area contributed by atoms with Crippen LogP contribution in [0.4, 0.5) is 0 Å². The van der Waals surface area contributed by atoms with Crippen LogP contribution in [0.25, 0.3) is 0 Å². The lowest BCUT2D eigenvalue weighted by Crippen LogP contribution is -2.46. The summed E-state index contributed by atoms with van der Waals surface area (Å²) in [5.41, 5.74) is 0.614. The van der Waals surface area contributed by atoms with Crippen LogP contribution in [0.15, 0.2) is 18.5 Å². The number of nitrogens with zero attached hydrogens (tertiary/aromatic N) is 1. The smallest absolute Gasteiger partial charge is 0.254 e. The molecule has 0 saturated heterocycles. The van der Waals surface area contributed by atoms with Gasteiger partial charge in [-0.2, -0.15) is 0 Å². The van der Waals surface area contributed by atoms with Crippen LogP contribution in [0.5, 0.6) is 0 Å². The minimum atomic E-state index is -0.118. The number of rotatable bonds is 2. The van der Waals surface area contributed by atoms with Gasteiger partial charge < -0.3 is 5.32 Å². The fraction of sp³-hybridized carbons (Fsp3) is 0.571. The highest BCUT2D eigenvalue weighted by Crippen LogP contribution is 2.35. The predicted octanol–water partition coefficient (Wildman–Crippen LogP) is 3.43. The summed E-state index contributed by atoms with van der Waals surface area (Å²) >= 11 is 6.01. The van der Waals surface area contributed by atoms with Gasteiger partial charge in [-0.3, -0.25) is 9.78 Å². The highest BCUT2D eigenvalue weighted by atomic mass is 35.5. The third kappa shape index (κ3) is 2.83. The fourth-order valence-corrected chi connectivity index (χ4v) is 2.73. The molecule has 3 nitrogen and oxygen atoms in total. The maximum Gasteiger partial charge on any atom is 0.254 e. The van der Waals surface area contributed by atoms with Crippen LogP contribution in [-0.4, -0.2) is 16.9 Å². The van der Waals surface area contributed by atoms with Gasteiger partial charge in [0.05, 0.1) is 10.6 Å². The molecule has 18 heavy (non-hydrogen) atoms. The highest BCUT2D eigenvalue weighted by Gasteiger charge is 2.33. The number of halogens is 1. The summed E-state index contributed by atoms with van der Waals surface area (Å²) < 4.78 is 0. The maximum absolute atomic E-state index is 12.2. The van der Waals surface area contributed by atoms with Gasteiger partial charge in [0.1, 0.15) is 0 Å². The van der Waals surface area contributed by atoms with Crippen molar-refractivity contribution in [2.75, 3.05) is 0 Å². The summed E-state index contributed by atoms with van der Waals surface area (Å²) in [6.07, 6.45) is 7.72. The van der Waals surface area contributed by atoms with Crippen molar-refractivity contribution in [1.29, 1.82) is 0 Å². The molecule has 98 valence electrons. The molecule has 1 aromatic heterocycles. The number of amides is 1. The average molecular weight is 267 g/mol. The van der Waals surface area contributed by atoms with E-state index in [1.165, 1.54) is 19.0 Å². The van der Waals surface area contributed by atoms with Gasteiger partial charge in [-0.25, -0.2) is 0 Å². The second kappa shape index (κ2) is 5.27. The number of aromatic nitrogens is 1. The molecular formula is C14H19ClN2O. The molecule has 4 heteroatoms. The van der Waals surface area contributed by atoms with Crippen LogP contribution >= 0.6 is 11.6 Å². The molecule has 1 unspecified atom stereocenters. The molecule has 1 aromatic rings. The molecular weight excluding hydrogens is 248 g/mol. The molecule has 0 spiro atoms. The van der Waals surface area contributed by atoms with Gasteiger partial charge in [-0.1, -0.05) is 38.3 Å². The predicted molar refractivity (Wildman–Crippen MR) is 72.8 cm³/mol. The third-order valence-electron chi connectivity index (χ3n) is 3.83. The first kappa shape index (κ1) is 13.3. The van der Waals surface area contributed by atoms with Gasteiger partial charge in [0.15, 0.2) is 0 Å². The van der Waals surface area contributed by atoms with Gasteiger partial charge in [0, 0.05) is 18.4 Å². The molecule has 1 aliphatic rings. The van der Waals surface area contributed by atoms with E-state index in [1.54, 1.807) is 12.3 Å². The van der Waals surface area contributed by atoms with Crippen molar-refractivity contribution >= 4 is 17.5 Å². The van der Waals surface area contributed by atoms with E-state index in [-0.39, 0.29) is 17.4 Å². The van der Waals surface area contributed by atoms with E-state index in [0.717, 1.165) is 12.8 Å². The summed E-state index contributed by atoms with van der Waals surface area (Å²) in [6, 6.07) is 1.86. The Kier molecular flexibility index (Phi) is 3.91. The molecule has 1 amide bonds. The van der Waals surface area contributed by atoms with Crippen molar-refractivity contribution in [3.63, 3.8) is 0 Å². The number of hydrogen-bond acceptors (Lipinski definition) is 2. The van der Waals surface area contributed by atoms with Crippen molar-refractivity contribution in [2.45, 2.75) is 45.6 Å². The van der Waals surface area contributed by atoms with Crippen molar-refractivity contribution in [3.05, 3.63) is 29.0 Å². The first-order chi connectivity index (χ1) is 8.50. The number of carbonyl (C=O) groups is 1. The van der Waals surface area contributed by atoms with E-state index in [0.29, 0.717) is 10.6 Å². The van der Waals surface area contributed by atoms with Crippen LogP contribution in [0.1, 0.15) is 49.9 Å². The Hall–Kier alpha value is -1.09. The molecule has 0 aliphatic heterocycles. The zero-order valence-electron chi connectivity index (χ0n) is 10.9. The monoisotopic (exact) mass is 266 g/mol. The molecule has 0 radical (unpaired) electrons. The Morgan fingerprint density at radius 2 is 2.28 bits per heavy atom. The van der Waals surface area contributed by atoms with Gasteiger partial charge in [0.25, 0.3) is 5.91 Å². The van der Waals surface area contributed by atoms with Crippen molar-refractivity contribution in [3.8, 4) is 0 Å². The third-order valence-corrected chi connectivity index (χ3v) is 4.15. The molecule has 0 bridgehead atoms. The fourth-order valence-electron chi connectivity index (χ4n) is 2.54. The van der Waals surface area contributed by atoms with Crippen LogP contribution in [0, 0.1) is 5.41 Å². The van der Waals surface area contributed by atoms with Crippen LogP contribution in [0.3, 0.4) is 0 Å². The number of nitrogens with one attached hydrogen (secondary N) is 1. The summed E-state index contributed by atoms with van der Waals surface area (Å²) in [7, 11) is 0. The van der Waals surface area contributed by atoms with Gasteiger partial charge >= 0.3 is 0 Å². The van der Waals surface area contributed by atoms with E-state index in [2.05, 4.69) is 24.1 Å². The second-order valence-electron chi connectivity index (χ2n) is 5.62. The SMILES string of the molecule is CC1(C)CCCCC1NC(=O)c1cnccc1Cl. The highest BCUT2D eigenvalue weighted by molar-refractivity contribution is 6.33. The largest absolute Gasteiger partial charge is 0.349 e. The Morgan fingerprint density at radius 1 is 1.50 bits per heavy atom. The first-order valence-electron chi connectivity index (χ1n) is 6.41. The van der Waals surface area contributed by atoms with Crippen molar-refractivity contribution < 1.29 is 4.79 Å². The van der Waals surface area contributed by atoms with Crippen LogP contribution in [0.2, 0.25) is 5.02 Å². The summed E-state index contributed by atoms with van der Waals surface area (Å²) in [5.74, 6) is -0.118. The zero-order chi connectivity index (χ0) is 13.2. The van der Waals surface area contributed by atoms with Crippen LogP contribution < -0.4 is 5.32 Å². The molecule has 1 atom stereocenters. The number of pyridine rings is 1. The van der Waals surface area contributed by atoms with Gasteiger partial charge in [-0.05, 0) is 24.3 Å². The van der Waals surface area contributed by atoms with E-state index >= 15 is 0 Å². The summed E-state index contributed by atoms with van der Waals surface area (Å²) in [5, 5.41) is 3.56. The van der Waals surface area contributed by atoms with Crippen molar-refractivity contribution in [1.82, 2.24) is 10.3 Å². The lowest BCUT2D eigenvalue weighted by Gasteiger charge is -2.39. The van der Waals surface area contributed by atoms with E-state index in [9.17, 15) is 4.79 Å². The average Bonchev–Trinajstić information content (AvgIpc) is 2.32. The quantitative estimate of drug-likeness (QED) is 0.891. The molecule has 1 N–H and O–H groups in total. The van der Waals surface area contributed by atoms with Crippen LogP contribution in [-0.2, 0) is 0 Å². The maximum atomic E-state index is 12.2. The number of carbonyl (C=O) groups excluding carboxylic acids is 1. The summed E-state index contributed by atoms with van der Waals surface area (Å²) in [6.45, 7) is 4.42. The lowest BCUT2D eigenvalue weighted by atomic mass is 9.73. The second-order valence-corrected chi connectivity index (χ2v) is 6.02. The van der Waals surface area contributed by atoms with Crippen molar-refractivity contribution in [2.24, 2.45) is 5.41 Å². The van der Waals surface area contributed by atoms with E-state index in [4.69, 9.17) is 11.6 Å². The normalized spacial score (nSPS) is 22.5.